The number of amides is 4. The number of hydrogen-bond acceptors (Lipinski definition) is 11. The molecule has 8 rings (SSSR count). The van der Waals surface area contributed by atoms with E-state index in [-0.39, 0.29) is 61.9 Å². The summed E-state index contributed by atoms with van der Waals surface area (Å²) in [4.78, 5) is 77.7. The number of phenols is 1. The Morgan fingerprint density at radius 1 is 1.04 bits per heavy atom. The van der Waals surface area contributed by atoms with E-state index in [9.17, 15) is 29.1 Å². The number of aromatic nitrogens is 2. The summed E-state index contributed by atoms with van der Waals surface area (Å²) in [6.07, 6.45) is 5.15. The summed E-state index contributed by atoms with van der Waals surface area (Å²) >= 11 is 0. The monoisotopic (exact) mass is 933 g/mol. The van der Waals surface area contributed by atoms with E-state index in [0.717, 1.165) is 51.8 Å². The van der Waals surface area contributed by atoms with Crippen LogP contribution in [0.25, 0.3) is 33.3 Å². The fourth-order valence-corrected chi connectivity index (χ4v) is 10.3. The molecule has 0 spiro atoms. The van der Waals surface area contributed by atoms with Crippen LogP contribution in [0.2, 0.25) is 0 Å². The predicted octanol–water partition coefficient (Wildman–Crippen LogP) is 5.14. The normalized spacial score (nSPS) is 22.5. The predicted molar refractivity (Wildman–Crippen MR) is 258 cm³/mol. The molecule has 364 valence electrons. The van der Waals surface area contributed by atoms with Gasteiger partial charge in [0.15, 0.2) is 0 Å². The number of esters is 1. The zero-order chi connectivity index (χ0) is 48.8. The molecular formula is C52H68N8O8. The molecule has 4 amide bonds. The third-order valence-corrected chi connectivity index (χ3v) is 14.2. The van der Waals surface area contributed by atoms with Crippen LogP contribution in [-0.2, 0) is 52.8 Å². The van der Waals surface area contributed by atoms with Crippen molar-refractivity contribution in [3.05, 3.63) is 71.5 Å². The molecular weight excluding hydrogens is 865 g/mol. The molecule has 3 fully saturated rings. The van der Waals surface area contributed by atoms with Gasteiger partial charge in [-0.2, -0.15) is 0 Å². The second-order valence-electron chi connectivity index (χ2n) is 20.4. The van der Waals surface area contributed by atoms with Gasteiger partial charge in [0.05, 0.1) is 30.6 Å². The van der Waals surface area contributed by atoms with Crippen LogP contribution in [0.5, 0.6) is 5.75 Å². The summed E-state index contributed by atoms with van der Waals surface area (Å²) in [6.45, 7) is 12.7. The van der Waals surface area contributed by atoms with E-state index in [1.807, 2.05) is 39.0 Å². The van der Waals surface area contributed by atoms with Crippen LogP contribution in [0.15, 0.2) is 54.7 Å². The average molecular weight is 933 g/mol. The molecule has 2 aromatic heterocycles. The molecule has 16 nitrogen and oxygen atoms in total. The lowest BCUT2D eigenvalue weighted by Gasteiger charge is -2.37. The first kappa shape index (κ1) is 48.6. The van der Waals surface area contributed by atoms with Crippen molar-refractivity contribution in [3.8, 4) is 28.1 Å². The largest absolute Gasteiger partial charge is 0.508 e. The third kappa shape index (κ3) is 10.1. The van der Waals surface area contributed by atoms with E-state index >= 15 is 0 Å². The number of hydrogen-bond donors (Lipinski definition) is 4. The van der Waals surface area contributed by atoms with Crippen molar-refractivity contribution in [3.63, 3.8) is 0 Å². The standard InChI is InChI=1S/C52H68N8O8/c1-10-59-41-18-17-33-25-37(41)38(47(59)36-13-11-19-53-43(36)30(4)67-9)26-52(5,6)28-68-51(66)39-14-12-20-60(56-39)49(64)40(23-31-21-34(33)24-35(61)22-31)54-48(63)46(29(2)3)58(8)42(62)27-57(7)50(65)45-44(55-45)32-15-16-32/h11,13,17-19,21-22,24-25,29-30,32,39-40,44-46,55-56,61H,10,12,14-16,20,23,26-28H2,1-9H3,(H,54,63)/t30-,39-,40-,44+,45-,46-/m0/s1. The van der Waals surface area contributed by atoms with Crippen LogP contribution >= 0.6 is 0 Å². The highest BCUT2D eigenvalue weighted by Gasteiger charge is 2.52. The number of fused-ring (bicyclic) bond motifs is 6. The van der Waals surface area contributed by atoms with Gasteiger partial charge in [0.25, 0.3) is 5.91 Å². The molecule has 5 heterocycles. The molecule has 3 aliphatic heterocycles. The number of carbonyl (C=O) groups is 5. The van der Waals surface area contributed by atoms with Crippen molar-refractivity contribution in [1.29, 1.82) is 0 Å². The Hall–Kier alpha value is -5.84. The first-order chi connectivity index (χ1) is 32.4. The van der Waals surface area contributed by atoms with Gasteiger partial charge in [0.2, 0.25) is 17.7 Å². The van der Waals surface area contributed by atoms with Crippen molar-refractivity contribution in [2.75, 3.05) is 40.9 Å². The summed E-state index contributed by atoms with van der Waals surface area (Å²) < 4.78 is 14.2. The zero-order valence-electron chi connectivity index (χ0n) is 40.9. The maximum Gasteiger partial charge on any atom is 0.324 e. The SMILES string of the molecule is CCn1c(-c2cccnc2[C@H](C)OC)c2c3cc(ccc31)-c1cc(O)cc(c1)C[C@H](NC(=O)[C@H](C(C)C)N(C)C(=O)CN(C)C(=O)[C@H]1N[C@@H]1C1CC1)C(=O)N1CCC[C@H](N1)C(=O)OCC(C)(C)C2. The van der Waals surface area contributed by atoms with Crippen molar-refractivity contribution in [2.24, 2.45) is 17.3 Å². The fraction of sp³-hybridized carbons (Fsp3) is 0.538. The van der Waals surface area contributed by atoms with Gasteiger partial charge in [-0.15, -0.1) is 0 Å². The molecule has 1 aliphatic carbocycles. The minimum atomic E-state index is -1.18. The summed E-state index contributed by atoms with van der Waals surface area (Å²) in [7, 11) is 4.81. The van der Waals surface area contributed by atoms with E-state index in [4.69, 9.17) is 14.5 Å². The van der Waals surface area contributed by atoms with Crippen LogP contribution in [0, 0.1) is 17.3 Å². The quantitative estimate of drug-likeness (QED) is 0.108. The number of pyridine rings is 1. The molecule has 0 radical (unpaired) electrons. The summed E-state index contributed by atoms with van der Waals surface area (Å²) in [6, 6.07) is 12.3. The molecule has 68 heavy (non-hydrogen) atoms. The first-order valence-electron chi connectivity index (χ1n) is 24.2. The molecule has 1 saturated carbocycles. The molecule has 0 unspecified atom stereocenters. The van der Waals surface area contributed by atoms with E-state index in [1.165, 1.54) is 14.8 Å². The lowest BCUT2D eigenvalue weighted by atomic mass is 9.84. The Labute approximate surface area is 399 Å². The number of ether oxygens (including phenoxy) is 2. The van der Waals surface area contributed by atoms with Crippen molar-refractivity contribution in [2.45, 2.75) is 123 Å². The Morgan fingerprint density at radius 2 is 1.81 bits per heavy atom. The maximum absolute atomic E-state index is 14.7. The number of phenolic OH excluding ortho intramolecular Hbond substituents is 1. The lowest BCUT2D eigenvalue weighted by Crippen LogP contribution is -2.62. The molecule has 6 bridgehead atoms. The van der Waals surface area contributed by atoms with Crippen LogP contribution < -0.4 is 16.1 Å². The van der Waals surface area contributed by atoms with Crippen molar-refractivity contribution >= 4 is 40.5 Å². The van der Waals surface area contributed by atoms with Gasteiger partial charge in [0, 0.05) is 74.8 Å². The molecule has 4 aliphatic rings. The molecule has 2 saturated heterocycles. The van der Waals surface area contributed by atoms with Gasteiger partial charge in [-0.3, -0.25) is 39.3 Å². The van der Waals surface area contributed by atoms with E-state index in [0.29, 0.717) is 42.9 Å². The lowest BCUT2D eigenvalue weighted by molar-refractivity contribution is -0.155. The third-order valence-electron chi connectivity index (χ3n) is 14.2. The molecule has 4 N–H and O–H groups in total. The number of aromatic hydroxyl groups is 1. The number of nitrogens with one attached hydrogen (secondary N) is 3. The van der Waals surface area contributed by atoms with E-state index in [2.05, 4.69) is 59.6 Å². The number of rotatable bonds is 12. The van der Waals surface area contributed by atoms with Gasteiger partial charge >= 0.3 is 5.97 Å². The number of nitrogens with zero attached hydrogens (tertiary/aromatic N) is 5. The van der Waals surface area contributed by atoms with Crippen molar-refractivity contribution < 1.29 is 38.6 Å². The van der Waals surface area contributed by atoms with E-state index < -0.39 is 47.2 Å². The highest BCUT2D eigenvalue weighted by atomic mass is 16.5. The second kappa shape index (κ2) is 19.6. The zero-order valence-corrected chi connectivity index (χ0v) is 40.9. The smallest absolute Gasteiger partial charge is 0.324 e. The first-order valence-corrected chi connectivity index (χ1v) is 24.2. The molecule has 4 aromatic rings. The van der Waals surface area contributed by atoms with Crippen LogP contribution in [0.3, 0.4) is 0 Å². The van der Waals surface area contributed by atoms with Crippen LogP contribution in [-0.4, -0.2) is 130 Å². The van der Waals surface area contributed by atoms with E-state index in [1.54, 1.807) is 39.5 Å². The van der Waals surface area contributed by atoms with Crippen molar-refractivity contribution in [1.82, 2.24) is 40.4 Å². The van der Waals surface area contributed by atoms with Gasteiger partial charge in [0.1, 0.15) is 29.9 Å². The number of cyclic esters (lactones) is 1. The number of hydrazine groups is 1. The Bertz CT molecular complexity index is 2590. The number of likely N-dealkylation sites (N-methyl/N-ethyl adjacent to an activating group) is 2. The summed E-state index contributed by atoms with van der Waals surface area (Å²) in [5.41, 5.74) is 9.52. The van der Waals surface area contributed by atoms with Gasteiger partial charge < -0.3 is 34.3 Å². The minimum absolute atomic E-state index is 0.0148. The van der Waals surface area contributed by atoms with Gasteiger partial charge in [-0.05, 0) is 116 Å². The average Bonchev–Trinajstić information content (AvgIpc) is 4.26. The fourth-order valence-electron chi connectivity index (χ4n) is 10.3. The second-order valence-corrected chi connectivity index (χ2v) is 20.4. The minimum Gasteiger partial charge on any atom is -0.508 e. The topological polar surface area (TPSA) is 198 Å². The Balaban J connectivity index is 1.16. The van der Waals surface area contributed by atoms with Gasteiger partial charge in [-0.25, -0.2) is 5.43 Å². The summed E-state index contributed by atoms with van der Waals surface area (Å²) in [5.74, 6) is -1.96. The molecule has 6 atom stereocenters. The highest BCUT2D eigenvalue weighted by Crippen LogP contribution is 2.43. The Morgan fingerprint density at radius 3 is 2.51 bits per heavy atom. The number of aryl methyl sites for hydroxylation is 1. The number of carbonyl (C=O) groups excluding carboxylic acids is 5. The Kier molecular flexibility index (Phi) is 14.0. The van der Waals surface area contributed by atoms with Crippen LogP contribution in [0.1, 0.15) is 90.2 Å². The summed E-state index contributed by atoms with van der Waals surface area (Å²) in [5, 5.41) is 20.0. The number of methoxy groups -OCH3 is 1. The van der Waals surface area contributed by atoms with Crippen LogP contribution in [0.4, 0.5) is 0 Å². The number of benzene rings is 2. The van der Waals surface area contributed by atoms with Gasteiger partial charge in [-0.1, -0.05) is 39.8 Å². The maximum atomic E-state index is 14.7. The molecule has 16 heteroatoms. The molecule has 2 aromatic carbocycles. The highest BCUT2D eigenvalue weighted by molar-refractivity contribution is 5.96.